The fraction of sp³-hybridized carbons (Fsp3) is 0.438. The molecule has 1 heterocycles. The molecule has 3 nitrogen and oxygen atoms in total. The number of aliphatic hydroxyl groups excluding tert-OH is 1. The Morgan fingerprint density at radius 2 is 2.24 bits per heavy atom. The number of aliphatic hydroxyl groups is 1. The third-order valence-electron chi connectivity index (χ3n) is 3.58. The minimum absolute atomic E-state index is 0.148. The van der Waals surface area contributed by atoms with Crippen LogP contribution < -0.4 is 5.32 Å². The van der Waals surface area contributed by atoms with E-state index >= 15 is 0 Å². The van der Waals surface area contributed by atoms with Crippen LogP contribution >= 0.6 is 11.3 Å². The van der Waals surface area contributed by atoms with E-state index in [9.17, 15) is 9.18 Å². The van der Waals surface area contributed by atoms with Crippen LogP contribution in [-0.4, -0.2) is 24.2 Å². The number of aryl methyl sites for hydroxylation is 1. The van der Waals surface area contributed by atoms with Crippen molar-refractivity contribution < 1.29 is 14.3 Å². The maximum Gasteiger partial charge on any atom is 0.261 e. The molecule has 5 heteroatoms. The number of benzene rings is 1. The first-order chi connectivity index (χ1) is 10.0. The van der Waals surface area contributed by atoms with E-state index in [-0.39, 0.29) is 24.2 Å². The molecule has 21 heavy (non-hydrogen) atoms. The molecule has 1 atom stereocenters. The van der Waals surface area contributed by atoms with Crippen LogP contribution in [0.5, 0.6) is 0 Å². The molecule has 1 unspecified atom stereocenters. The van der Waals surface area contributed by atoms with Crippen LogP contribution in [0, 0.1) is 18.7 Å². The van der Waals surface area contributed by atoms with Crippen molar-refractivity contribution in [3.05, 3.63) is 34.5 Å². The van der Waals surface area contributed by atoms with Crippen LogP contribution in [-0.2, 0) is 0 Å². The third kappa shape index (κ3) is 3.60. The highest BCUT2D eigenvalue weighted by Gasteiger charge is 2.17. The zero-order valence-corrected chi connectivity index (χ0v) is 13.1. The molecule has 1 amide bonds. The highest BCUT2D eigenvalue weighted by atomic mass is 32.1. The van der Waals surface area contributed by atoms with E-state index in [1.165, 1.54) is 17.4 Å². The summed E-state index contributed by atoms with van der Waals surface area (Å²) in [7, 11) is 0. The van der Waals surface area contributed by atoms with Gasteiger partial charge in [-0.25, -0.2) is 4.39 Å². The Morgan fingerprint density at radius 3 is 2.90 bits per heavy atom. The Bertz CT molecular complexity index is 638. The topological polar surface area (TPSA) is 49.3 Å². The van der Waals surface area contributed by atoms with E-state index in [1.807, 2.05) is 13.0 Å². The number of amides is 1. The highest BCUT2D eigenvalue weighted by Crippen LogP contribution is 2.32. The fourth-order valence-electron chi connectivity index (χ4n) is 2.29. The Morgan fingerprint density at radius 1 is 1.48 bits per heavy atom. The van der Waals surface area contributed by atoms with Gasteiger partial charge < -0.3 is 10.4 Å². The summed E-state index contributed by atoms with van der Waals surface area (Å²) in [6.45, 7) is 4.49. The zero-order valence-electron chi connectivity index (χ0n) is 12.3. The van der Waals surface area contributed by atoms with Crippen LogP contribution in [0.25, 0.3) is 10.1 Å². The van der Waals surface area contributed by atoms with Gasteiger partial charge in [-0.1, -0.05) is 13.0 Å². The lowest BCUT2D eigenvalue weighted by Gasteiger charge is -2.08. The van der Waals surface area contributed by atoms with Gasteiger partial charge in [-0.3, -0.25) is 4.79 Å². The molecular weight excluding hydrogens is 289 g/mol. The Kier molecular flexibility index (Phi) is 5.31. The SMILES string of the molecule is Cc1c(C(=O)NCCCC(C)CO)sc2cccc(F)c12. The molecule has 0 saturated heterocycles. The maximum atomic E-state index is 13.8. The molecule has 0 saturated carbocycles. The largest absolute Gasteiger partial charge is 0.396 e. The molecule has 0 aliphatic rings. The van der Waals surface area contributed by atoms with E-state index in [1.54, 1.807) is 13.0 Å². The number of halogens is 1. The monoisotopic (exact) mass is 309 g/mol. The second kappa shape index (κ2) is 7.00. The van der Waals surface area contributed by atoms with Crippen LogP contribution in [0.1, 0.15) is 35.0 Å². The van der Waals surface area contributed by atoms with Crippen LogP contribution in [0.4, 0.5) is 4.39 Å². The van der Waals surface area contributed by atoms with E-state index < -0.39 is 0 Å². The number of nitrogens with one attached hydrogen (secondary N) is 1. The molecule has 0 aliphatic carbocycles. The molecular formula is C16H20FNO2S. The van der Waals surface area contributed by atoms with Gasteiger partial charge in [0.15, 0.2) is 0 Å². The van der Waals surface area contributed by atoms with Gasteiger partial charge in [0, 0.05) is 23.2 Å². The van der Waals surface area contributed by atoms with E-state index in [2.05, 4.69) is 5.32 Å². The first-order valence-corrected chi connectivity index (χ1v) is 7.93. The van der Waals surface area contributed by atoms with Gasteiger partial charge in [0.05, 0.1) is 4.88 Å². The lowest BCUT2D eigenvalue weighted by molar-refractivity contribution is 0.0955. The Balaban J connectivity index is 2.03. The summed E-state index contributed by atoms with van der Waals surface area (Å²) in [4.78, 5) is 12.8. The minimum atomic E-state index is -0.280. The van der Waals surface area contributed by atoms with Crippen molar-refractivity contribution in [3.8, 4) is 0 Å². The molecule has 2 aromatic rings. The van der Waals surface area contributed by atoms with Crippen molar-refractivity contribution in [1.29, 1.82) is 0 Å². The number of carbonyl (C=O) groups excluding carboxylic acids is 1. The number of hydrogen-bond donors (Lipinski definition) is 2. The molecule has 0 bridgehead atoms. The lowest BCUT2D eigenvalue weighted by Crippen LogP contribution is -2.24. The second-order valence-electron chi connectivity index (χ2n) is 5.36. The zero-order chi connectivity index (χ0) is 15.4. The number of hydrogen-bond acceptors (Lipinski definition) is 3. The smallest absolute Gasteiger partial charge is 0.261 e. The van der Waals surface area contributed by atoms with Crippen LogP contribution in [0.2, 0.25) is 0 Å². The average Bonchev–Trinajstić information content (AvgIpc) is 2.81. The summed E-state index contributed by atoms with van der Waals surface area (Å²) in [6.07, 6.45) is 1.70. The maximum absolute atomic E-state index is 13.8. The van der Waals surface area contributed by atoms with Crippen LogP contribution in [0.3, 0.4) is 0 Å². The summed E-state index contributed by atoms with van der Waals surface area (Å²) in [6, 6.07) is 4.90. The van der Waals surface area contributed by atoms with Gasteiger partial charge in [0.2, 0.25) is 0 Å². The summed E-state index contributed by atoms with van der Waals surface area (Å²) in [5, 5.41) is 12.4. The molecule has 2 rings (SSSR count). The number of carbonyl (C=O) groups is 1. The molecule has 1 aromatic carbocycles. The van der Waals surface area contributed by atoms with Gasteiger partial charge in [-0.15, -0.1) is 11.3 Å². The predicted octanol–water partition coefficient (Wildman–Crippen LogP) is 3.49. The van der Waals surface area contributed by atoms with E-state index in [0.717, 1.165) is 17.5 Å². The van der Waals surface area contributed by atoms with Crippen LogP contribution in [0.15, 0.2) is 18.2 Å². The van der Waals surface area contributed by atoms with Gasteiger partial charge in [0.1, 0.15) is 5.82 Å². The van der Waals surface area contributed by atoms with Gasteiger partial charge in [0.25, 0.3) is 5.91 Å². The Labute approximate surface area is 127 Å². The van der Waals surface area contributed by atoms with Gasteiger partial charge in [-0.2, -0.15) is 0 Å². The summed E-state index contributed by atoms with van der Waals surface area (Å²) in [5.74, 6) is -0.177. The van der Waals surface area contributed by atoms with Crippen molar-refractivity contribution in [2.45, 2.75) is 26.7 Å². The quantitative estimate of drug-likeness (QED) is 0.803. The standard InChI is InChI=1S/C16H20FNO2S/c1-10(9-19)5-4-8-18-16(20)15-11(2)14-12(17)6-3-7-13(14)21-15/h3,6-7,10,19H,4-5,8-9H2,1-2H3,(H,18,20). The number of rotatable bonds is 6. The molecule has 2 N–H and O–H groups in total. The second-order valence-corrected chi connectivity index (χ2v) is 6.41. The first-order valence-electron chi connectivity index (χ1n) is 7.11. The van der Waals surface area contributed by atoms with Crippen molar-refractivity contribution >= 4 is 27.3 Å². The van der Waals surface area contributed by atoms with Crippen molar-refractivity contribution in [2.24, 2.45) is 5.92 Å². The lowest BCUT2D eigenvalue weighted by atomic mass is 10.1. The van der Waals surface area contributed by atoms with E-state index in [0.29, 0.717) is 22.4 Å². The van der Waals surface area contributed by atoms with Gasteiger partial charge >= 0.3 is 0 Å². The number of thiophene rings is 1. The van der Waals surface area contributed by atoms with E-state index in [4.69, 9.17) is 5.11 Å². The van der Waals surface area contributed by atoms with Crippen molar-refractivity contribution in [2.75, 3.05) is 13.2 Å². The summed E-state index contributed by atoms with van der Waals surface area (Å²) < 4.78 is 14.6. The summed E-state index contributed by atoms with van der Waals surface area (Å²) in [5.41, 5.74) is 0.703. The minimum Gasteiger partial charge on any atom is -0.396 e. The predicted molar refractivity (Wildman–Crippen MR) is 84.3 cm³/mol. The average molecular weight is 309 g/mol. The van der Waals surface area contributed by atoms with Gasteiger partial charge in [-0.05, 0) is 43.4 Å². The molecule has 0 aliphatic heterocycles. The van der Waals surface area contributed by atoms with Crippen molar-refractivity contribution in [3.63, 3.8) is 0 Å². The third-order valence-corrected chi connectivity index (χ3v) is 4.84. The van der Waals surface area contributed by atoms with Crippen molar-refractivity contribution in [1.82, 2.24) is 5.32 Å². The normalized spacial score (nSPS) is 12.6. The Hall–Kier alpha value is -1.46. The molecule has 0 fully saturated rings. The highest BCUT2D eigenvalue weighted by molar-refractivity contribution is 7.21. The number of fused-ring (bicyclic) bond motifs is 1. The molecule has 114 valence electrons. The first kappa shape index (κ1) is 15.9. The summed E-state index contributed by atoms with van der Waals surface area (Å²) >= 11 is 1.32. The molecule has 0 spiro atoms. The molecule has 0 radical (unpaired) electrons. The fourth-order valence-corrected chi connectivity index (χ4v) is 3.43. The molecule has 1 aromatic heterocycles.